The smallest absolute Gasteiger partial charge is 0.150 e. The number of aldehydes is 1. The predicted molar refractivity (Wildman–Crippen MR) is 64.7 cm³/mol. The molecule has 0 aliphatic heterocycles. The summed E-state index contributed by atoms with van der Waals surface area (Å²) in [5.41, 5.74) is 0.691. The molecule has 0 spiro atoms. The predicted octanol–water partition coefficient (Wildman–Crippen LogP) is 4.18. The topological polar surface area (TPSA) is 17.1 Å². The molecule has 0 unspecified atom stereocenters. The van der Waals surface area contributed by atoms with E-state index in [4.69, 9.17) is 0 Å². The van der Waals surface area contributed by atoms with Gasteiger partial charge in [-0.15, -0.1) is 0 Å². The third-order valence-corrected chi connectivity index (χ3v) is 4.12. The van der Waals surface area contributed by atoms with Crippen molar-refractivity contribution in [3.8, 4) is 0 Å². The molecule has 0 atom stereocenters. The van der Waals surface area contributed by atoms with Crippen LogP contribution in [0.3, 0.4) is 0 Å². The number of halogens is 2. The standard InChI is InChI=1S/C11H6Br2O/c12-10-4-3-8-2-1-7(6-14)5-9(8)11(10)13/h1-6H. The van der Waals surface area contributed by atoms with E-state index in [0.717, 1.165) is 26.0 Å². The van der Waals surface area contributed by atoms with Gasteiger partial charge in [0.2, 0.25) is 0 Å². The molecule has 3 heteroatoms. The third-order valence-electron chi connectivity index (χ3n) is 2.07. The molecule has 0 saturated heterocycles. The zero-order chi connectivity index (χ0) is 10.1. The average molecular weight is 314 g/mol. The second-order valence-electron chi connectivity index (χ2n) is 2.96. The maximum absolute atomic E-state index is 10.6. The molecule has 0 aromatic heterocycles. The lowest BCUT2D eigenvalue weighted by Crippen LogP contribution is -1.81. The third kappa shape index (κ3) is 1.62. The van der Waals surface area contributed by atoms with Gasteiger partial charge in [-0.3, -0.25) is 4.79 Å². The van der Waals surface area contributed by atoms with Gasteiger partial charge in [0.1, 0.15) is 6.29 Å². The van der Waals surface area contributed by atoms with E-state index in [2.05, 4.69) is 31.9 Å². The van der Waals surface area contributed by atoms with Crippen LogP contribution in [0.1, 0.15) is 10.4 Å². The molecular weight excluding hydrogens is 308 g/mol. The van der Waals surface area contributed by atoms with Gasteiger partial charge in [-0.1, -0.05) is 18.2 Å². The summed E-state index contributed by atoms with van der Waals surface area (Å²) in [6.07, 6.45) is 0.854. The number of fused-ring (bicyclic) bond motifs is 1. The van der Waals surface area contributed by atoms with Crippen molar-refractivity contribution >= 4 is 48.9 Å². The summed E-state index contributed by atoms with van der Waals surface area (Å²) in [4.78, 5) is 10.6. The first-order chi connectivity index (χ1) is 6.72. The van der Waals surface area contributed by atoms with Gasteiger partial charge in [-0.05, 0) is 54.8 Å². The van der Waals surface area contributed by atoms with E-state index in [9.17, 15) is 4.79 Å². The number of hydrogen-bond donors (Lipinski definition) is 0. The minimum atomic E-state index is 0.691. The first-order valence-electron chi connectivity index (χ1n) is 4.05. The van der Waals surface area contributed by atoms with Crippen molar-refractivity contribution < 1.29 is 4.79 Å². The molecule has 0 heterocycles. The molecule has 14 heavy (non-hydrogen) atoms. The van der Waals surface area contributed by atoms with Gasteiger partial charge in [0, 0.05) is 14.5 Å². The van der Waals surface area contributed by atoms with Crippen LogP contribution < -0.4 is 0 Å². The molecule has 0 fully saturated rings. The summed E-state index contributed by atoms with van der Waals surface area (Å²) in [5.74, 6) is 0. The van der Waals surface area contributed by atoms with Crippen LogP contribution in [0.5, 0.6) is 0 Å². The van der Waals surface area contributed by atoms with Crippen molar-refractivity contribution in [2.45, 2.75) is 0 Å². The van der Waals surface area contributed by atoms with Crippen LogP contribution in [0.15, 0.2) is 39.3 Å². The fraction of sp³-hybridized carbons (Fsp3) is 0. The lowest BCUT2D eigenvalue weighted by molar-refractivity contribution is 0.112. The van der Waals surface area contributed by atoms with Crippen molar-refractivity contribution in [2.75, 3.05) is 0 Å². The lowest BCUT2D eigenvalue weighted by Gasteiger charge is -2.03. The van der Waals surface area contributed by atoms with Crippen LogP contribution in [-0.2, 0) is 0 Å². The lowest BCUT2D eigenvalue weighted by atomic mass is 10.1. The van der Waals surface area contributed by atoms with Gasteiger partial charge in [-0.25, -0.2) is 0 Å². The molecule has 2 aromatic rings. The summed E-state index contributed by atoms with van der Waals surface area (Å²) in [5, 5.41) is 2.16. The van der Waals surface area contributed by atoms with Gasteiger partial charge in [-0.2, -0.15) is 0 Å². The van der Waals surface area contributed by atoms with E-state index in [1.807, 2.05) is 30.3 Å². The average Bonchev–Trinajstić information content (AvgIpc) is 2.23. The summed E-state index contributed by atoms with van der Waals surface area (Å²) in [6.45, 7) is 0. The van der Waals surface area contributed by atoms with Crippen molar-refractivity contribution in [2.24, 2.45) is 0 Å². The molecule has 1 nitrogen and oxygen atoms in total. The molecule has 0 amide bonds. The first kappa shape index (κ1) is 9.87. The number of benzene rings is 2. The molecule has 0 saturated carbocycles. The highest BCUT2D eigenvalue weighted by Gasteiger charge is 2.03. The fourth-order valence-corrected chi connectivity index (χ4v) is 2.17. The highest BCUT2D eigenvalue weighted by molar-refractivity contribution is 9.13. The Bertz CT molecular complexity index is 506. The van der Waals surface area contributed by atoms with Crippen LogP contribution in [0.2, 0.25) is 0 Å². The summed E-state index contributed by atoms with van der Waals surface area (Å²) < 4.78 is 1.98. The van der Waals surface area contributed by atoms with E-state index in [1.165, 1.54) is 0 Å². The van der Waals surface area contributed by atoms with Crippen LogP contribution in [-0.4, -0.2) is 6.29 Å². The van der Waals surface area contributed by atoms with Gasteiger partial charge in [0.05, 0.1) is 0 Å². The normalized spacial score (nSPS) is 10.4. The molecule has 70 valence electrons. The molecule has 0 aliphatic rings. The zero-order valence-electron chi connectivity index (χ0n) is 7.13. The summed E-state index contributed by atoms with van der Waals surface area (Å²) in [7, 11) is 0. The van der Waals surface area contributed by atoms with E-state index in [0.29, 0.717) is 5.56 Å². The van der Waals surface area contributed by atoms with Gasteiger partial charge < -0.3 is 0 Å². The maximum atomic E-state index is 10.6. The van der Waals surface area contributed by atoms with E-state index in [-0.39, 0.29) is 0 Å². The zero-order valence-corrected chi connectivity index (χ0v) is 10.3. The Kier molecular flexibility index (Phi) is 2.70. The first-order valence-corrected chi connectivity index (χ1v) is 5.64. The Balaban J connectivity index is 2.84. The molecule has 2 rings (SSSR count). The highest BCUT2D eigenvalue weighted by Crippen LogP contribution is 2.31. The largest absolute Gasteiger partial charge is 0.298 e. The quantitative estimate of drug-likeness (QED) is 0.722. The Hall–Kier alpha value is -0.670. The number of hydrogen-bond acceptors (Lipinski definition) is 1. The minimum Gasteiger partial charge on any atom is -0.298 e. The minimum absolute atomic E-state index is 0.691. The van der Waals surface area contributed by atoms with Gasteiger partial charge >= 0.3 is 0 Å². The molecule has 0 bridgehead atoms. The van der Waals surface area contributed by atoms with Gasteiger partial charge in [0.25, 0.3) is 0 Å². The molecule has 0 radical (unpaired) electrons. The second kappa shape index (κ2) is 3.83. The van der Waals surface area contributed by atoms with E-state index >= 15 is 0 Å². The van der Waals surface area contributed by atoms with Crippen molar-refractivity contribution in [1.29, 1.82) is 0 Å². The summed E-state index contributed by atoms with van der Waals surface area (Å²) in [6, 6.07) is 9.62. The van der Waals surface area contributed by atoms with Crippen LogP contribution in [0.25, 0.3) is 10.8 Å². The second-order valence-corrected chi connectivity index (χ2v) is 4.61. The SMILES string of the molecule is O=Cc1ccc2ccc(Br)c(Br)c2c1. The Labute approximate surface area is 98.4 Å². The fourth-order valence-electron chi connectivity index (χ4n) is 1.35. The maximum Gasteiger partial charge on any atom is 0.150 e. The van der Waals surface area contributed by atoms with Crippen molar-refractivity contribution in [3.63, 3.8) is 0 Å². The number of rotatable bonds is 1. The monoisotopic (exact) mass is 312 g/mol. The van der Waals surface area contributed by atoms with E-state index < -0.39 is 0 Å². The molecular formula is C11H6Br2O. The number of carbonyl (C=O) groups is 1. The van der Waals surface area contributed by atoms with Crippen molar-refractivity contribution in [1.82, 2.24) is 0 Å². The van der Waals surface area contributed by atoms with Gasteiger partial charge in [0.15, 0.2) is 0 Å². The Morgan fingerprint density at radius 1 is 1.07 bits per heavy atom. The van der Waals surface area contributed by atoms with Crippen LogP contribution in [0.4, 0.5) is 0 Å². The van der Waals surface area contributed by atoms with Crippen LogP contribution >= 0.6 is 31.9 Å². The van der Waals surface area contributed by atoms with E-state index in [1.54, 1.807) is 0 Å². The summed E-state index contributed by atoms with van der Waals surface area (Å²) >= 11 is 6.91. The molecule has 0 aliphatic carbocycles. The molecule has 0 N–H and O–H groups in total. The Morgan fingerprint density at radius 3 is 2.50 bits per heavy atom. The molecule has 2 aromatic carbocycles. The van der Waals surface area contributed by atoms with Crippen molar-refractivity contribution in [3.05, 3.63) is 44.8 Å². The van der Waals surface area contributed by atoms with Crippen LogP contribution in [0, 0.1) is 0 Å². The highest BCUT2D eigenvalue weighted by atomic mass is 79.9. The number of carbonyl (C=O) groups excluding carboxylic acids is 1. The Morgan fingerprint density at radius 2 is 1.79 bits per heavy atom.